The smallest absolute Gasteiger partial charge is 0.415 e. The lowest BCUT2D eigenvalue weighted by atomic mass is 10.1. The number of anilines is 2. The number of amides is 2. The second kappa shape index (κ2) is 11.9. The van der Waals surface area contributed by atoms with Crippen molar-refractivity contribution in [3.8, 4) is 22.9 Å². The normalized spacial score (nSPS) is 20.1. The Bertz CT molecular complexity index is 1380. The summed E-state index contributed by atoms with van der Waals surface area (Å²) in [5, 5.41) is 9.47. The zero-order valence-electron chi connectivity index (χ0n) is 22.1. The quantitative estimate of drug-likeness (QED) is 0.330. The van der Waals surface area contributed by atoms with Gasteiger partial charge in [0.25, 0.3) is 5.91 Å². The van der Waals surface area contributed by atoms with Crippen LogP contribution >= 0.6 is 0 Å². The maximum absolute atomic E-state index is 12.5. The largest absolute Gasteiger partial charge is 0.480 e. The average molecular weight is 545 g/mol. The molecule has 0 unspecified atom stereocenters. The first kappa shape index (κ1) is 26.0. The maximum Gasteiger partial charge on any atom is 0.415 e. The Morgan fingerprint density at radius 1 is 1.10 bits per heavy atom. The molecule has 2 saturated heterocycles. The highest BCUT2D eigenvalue weighted by Gasteiger charge is 2.33. The molecule has 40 heavy (non-hydrogen) atoms. The lowest BCUT2D eigenvalue weighted by Gasteiger charge is -2.19. The van der Waals surface area contributed by atoms with Crippen molar-refractivity contribution in [1.29, 1.82) is 0 Å². The highest BCUT2D eigenvalue weighted by molar-refractivity contribution is 5.95. The Morgan fingerprint density at radius 2 is 2.02 bits per heavy atom. The maximum atomic E-state index is 12.5. The van der Waals surface area contributed by atoms with Crippen molar-refractivity contribution < 1.29 is 23.8 Å². The molecular weight excluding hydrogens is 512 g/mol. The first-order chi connectivity index (χ1) is 19.6. The van der Waals surface area contributed by atoms with Gasteiger partial charge >= 0.3 is 6.09 Å². The molecule has 3 N–H and O–H groups in total. The second-order valence-corrected chi connectivity index (χ2v) is 10.2. The number of ether oxygens (including phenoxy) is 3. The number of nitrogens with one attached hydrogen (secondary N) is 3. The molecular formula is C29H32N6O5. The van der Waals surface area contributed by atoms with E-state index in [-0.39, 0.29) is 18.6 Å². The molecule has 0 aliphatic carbocycles. The van der Waals surface area contributed by atoms with Crippen LogP contribution in [0.5, 0.6) is 11.6 Å². The molecule has 0 spiro atoms. The summed E-state index contributed by atoms with van der Waals surface area (Å²) in [6.45, 7) is 4.42. The van der Waals surface area contributed by atoms with Crippen molar-refractivity contribution in [1.82, 2.24) is 20.6 Å². The number of rotatable bonds is 10. The third kappa shape index (κ3) is 6.16. The molecule has 208 valence electrons. The summed E-state index contributed by atoms with van der Waals surface area (Å²) in [4.78, 5) is 34.6. The molecule has 2 aromatic heterocycles. The molecule has 3 aliphatic heterocycles. The first-order valence-electron chi connectivity index (χ1n) is 13.6. The van der Waals surface area contributed by atoms with E-state index >= 15 is 0 Å². The summed E-state index contributed by atoms with van der Waals surface area (Å²) in [5.41, 5.74) is 3.05. The zero-order chi connectivity index (χ0) is 27.3. The van der Waals surface area contributed by atoms with Gasteiger partial charge in [-0.1, -0.05) is 24.3 Å². The van der Waals surface area contributed by atoms with E-state index in [0.717, 1.165) is 36.3 Å². The fourth-order valence-corrected chi connectivity index (χ4v) is 5.02. The summed E-state index contributed by atoms with van der Waals surface area (Å²) >= 11 is 0. The van der Waals surface area contributed by atoms with Gasteiger partial charge in [-0.3, -0.25) is 9.69 Å². The van der Waals surface area contributed by atoms with Crippen molar-refractivity contribution in [3.63, 3.8) is 0 Å². The van der Waals surface area contributed by atoms with Crippen LogP contribution in [0.25, 0.3) is 11.3 Å². The number of hydrogen-bond acceptors (Lipinski definition) is 9. The van der Waals surface area contributed by atoms with Gasteiger partial charge in [-0.25, -0.2) is 14.8 Å². The van der Waals surface area contributed by atoms with Crippen LogP contribution in [-0.2, 0) is 16.1 Å². The number of aromatic nitrogens is 2. The monoisotopic (exact) mass is 544 g/mol. The van der Waals surface area contributed by atoms with Gasteiger partial charge in [0.2, 0.25) is 5.88 Å². The van der Waals surface area contributed by atoms with E-state index in [1.54, 1.807) is 12.1 Å². The third-order valence-electron chi connectivity index (χ3n) is 7.16. The van der Waals surface area contributed by atoms with Crippen molar-refractivity contribution in [3.05, 3.63) is 60.2 Å². The van der Waals surface area contributed by atoms with Gasteiger partial charge in [-0.05, 0) is 55.8 Å². The van der Waals surface area contributed by atoms with Gasteiger partial charge in [0.15, 0.2) is 18.2 Å². The first-order valence-corrected chi connectivity index (χ1v) is 13.6. The van der Waals surface area contributed by atoms with Gasteiger partial charge < -0.3 is 30.2 Å². The van der Waals surface area contributed by atoms with Crippen LogP contribution in [0.15, 0.2) is 54.6 Å². The zero-order valence-corrected chi connectivity index (χ0v) is 22.1. The van der Waals surface area contributed by atoms with E-state index in [1.165, 1.54) is 4.90 Å². The molecule has 1 aromatic carbocycles. The molecule has 3 aromatic rings. The van der Waals surface area contributed by atoms with Crippen LogP contribution in [0, 0.1) is 5.92 Å². The van der Waals surface area contributed by atoms with Crippen LogP contribution < -0.4 is 30.3 Å². The van der Waals surface area contributed by atoms with Crippen LogP contribution in [0.3, 0.4) is 0 Å². The van der Waals surface area contributed by atoms with E-state index in [1.807, 2.05) is 24.3 Å². The predicted molar refractivity (Wildman–Crippen MR) is 148 cm³/mol. The summed E-state index contributed by atoms with van der Waals surface area (Å²) in [5.74, 6) is 2.12. The van der Waals surface area contributed by atoms with Crippen LogP contribution in [0.2, 0.25) is 0 Å². The molecule has 11 nitrogen and oxygen atoms in total. The predicted octanol–water partition coefficient (Wildman–Crippen LogP) is 2.97. The summed E-state index contributed by atoms with van der Waals surface area (Å²) in [6.07, 6.45) is 1.08. The van der Waals surface area contributed by atoms with Crippen LogP contribution in [0.1, 0.15) is 18.4 Å². The van der Waals surface area contributed by atoms with E-state index in [9.17, 15) is 9.59 Å². The lowest BCUT2D eigenvalue weighted by molar-refractivity contribution is -0.118. The molecule has 11 heteroatoms. The van der Waals surface area contributed by atoms with Gasteiger partial charge in [0.05, 0.1) is 18.8 Å². The molecule has 0 radical (unpaired) electrons. The van der Waals surface area contributed by atoms with Gasteiger partial charge in [0.1, 0.15) is 11.9 Å². The fraction of sp³-hybridized carbons (Fsp3) is 0.379. The lowest BCUT2D eigenvalue weighted by Crippen LogP contribution is -2.29. The molecule has 0 bridgehead atoms. The van der Waals surface area contributed by atoms with E-state index in [0.29, 0.717) is 61.8 Å². The van der Waals surface area contributed by atoms with Crippen molar-refractivity contribution >= 4 is 23.6 Å². The van der Waals surface area contributed by atoms with Crippen molar-refractivity contribution in [2.45, 2.75) is 25.5 Å². The molecule has 5 heterocycles. The number of nitrogens with zero attached hydrogens (tertiary/aromatic N) is 3. The Labute approximate surface area is 232 Å². The Balaban J connectivity index is 0.986. The SMILES string of the molecule is O=C1COc2ccc(N3C[C@H](CCNCc4cccc(-c5cccc(OC[C@H]6CCNC6)n5)c4)OC3=O)nc2N1. The summed E-state index contributed by atoms with van der Waals surface area (Å²) in [6, 6.07) is 17.5. The van der Waals surface area contributed by atoms with Gasteiger partial charge in [0, 0.05) is 30.6 Å². The Kier molecular flexibility index (Phi) is 7.73. The molecule has 3 aliphatic rings. The number of carbonyl (C=O) groups is 2. The number of carbonyl (C=O) groups excluding carboxylic acids is 2. The topological polar surface area (TPSA) is 127 Å². The molecule has 2 atom stereocenters. The van der Waals surface area contributed by atoms with E-state index in [2.05, 4.69) is 39.1 Å². The molecule has 6 rings (SSSR count). The third-order valence-corrected chi connectivity index (χ3v) is 7.16. The van der Waals surface area contributed by atoms with Crippen LogP contribution in [0.4, 0.5) is 16.4 Å². The van der Waals surface area contributed by atoms with Crippen molar-refractivity contribution in [2.75, 3.05) is 49.6 Å². The molecule has 2 amide bonds. The minimum atomic E-state index is -0.452. The number of hydrogen-bond donors (Lipinski definition) is 3. The summed E-state index contributed by atoms with van der Waals surface area (Å²) < 4.78 is 16.8. The number of cyclic esters (lactones) is 1. The van der Waals surface area contributed by atoms with E-state index in [4.69, 9.17) is 19.2 Å². The molecule has 2 fully saturated rings. The minimum Gasteiger partial charge on any atom is -0.480 e. The highest BCUT2D eigenvalue weighted by Crippen LogP contribution is 2.30. The van der Waals surface area contributed by atoms with Crippen molar-refractivity contribution in [2.24, 2.45) is 5.92 Å². The van der Waals surface area contributed by atoms with Gasteiger partial charge in [-0.15, -0.1) is 0 Å². The van der Waals surface area contributed by atoms with E-state index < -0.39 is 6.09 Å². The van der Waals surface area contributed by atoms with Gasteiger partial charge in [-0.2, -0.15) is 0 Å². The Hall–Kier alpha value is -4.22. The highest BCUT2D eigenvalue weighted by atomic mass is 16.6. The second-order valence-electron chi connectivity index (χ2n) is 10.2. The number of fused-ring (bicyclic) bond motifs is 1. The molecule has 0 saturated carbocycles. The van der Waals surface area contributed by atoms with Crippen LogP contribution in [-0.4, -0.2) is 67.5 Å². The minimum absolute atomic E-state index is 0.0449. The average Bonchev–Trinajstić information content (AvgIpc) is 3.64. The fourth-order valence-electron chi connectivity index (χ4n) is 5.02. The Morgan fingerprint density at radius 3 is 2.92 bits per heavy atom. The summed E-state index contributed by atoms with van der Waals surface area (Å²) in [7, 11) is 0. The number of benzene rings is 1. The standard InChI is InChI=1S/C29H32N6O5/c36-26-18-38-24-7-8-25(33-28(24)34-26)35-16-22(40-29(35)37)10-12-31-14-19-3-1-4-21(13-19)23-5-2-6-27(32-23)39-17-20-9-11-30-15-20/h1-8,13,20,22,30-31H,9-12,14-18H2,(H,33,34,36)/t20-,22-/m0/s1. The number of pyridine rings is 2.